The van der Waals surface area contributed by atoms with Crippen LogP contribution in [0.5, 0.6) is 0 Å². The van der Waals surface area contributed by atoms with Crippen LogP contribution in [0.25, 0.3) is 0 Å². The number of imide groups is 1. The molecule has 8 heteroatoms. The van der Waals surface area contributed by atoms with Crippen LogP contribution in [0, 0.1) is 5.92 Å². The van der Waals surface area contributed by atoms with E-state index in [1.165, 1.54) is 11.8 Å². The first-order chi connectivity index (χ1) is 13.6. The number of carbonyl (C=O) groups is 4. The molecule has 170 valence electrons. The lowest BCUT2D eigenvalue weighted by Gasteiger charge is -2.33. The van der Waals surface area contributed by atoms with E-state index in [2.05, 4.69) is 5.32 Å². The summed E-state index contributed by atoms with van der Waals surface area (Å²) in [6, 6.07) is -1.26. The Morgan fingerprint density at radius 2 is 1.60 bits per heavy atom. The minimum Gasteiger partial charge on any atom is -0.458 e. The fourth-order valence-electron chi connectivity index (χ4n) is 3.47. The first kappa shape index (κ1) is 25.7. The fourth-order valence-corrected chi connectivity index (χ4v) is 3.47. The standard InChI is InChI=1S/C22H36N2O6/c1-9-10-15-13-17(19(27)29-21(3,4)5)24(20(28)30-22(6,7)8)16(15)11-12-18(26)23-14(2)25/h9-10,15-17H,11-13H2,1-8H3,(H,23,25,26)/t15-,16-,17-/m1/s1. The van der Waals surface area contributed by atoms with E-state index in [0.717, 1.165) is 0 Å². The van der Waals surface area contributed by atoms with Crippen LogP contribution in [0.15, 0.2) is 12.2 Å². The van der Waals surface area contributed by atoms with Crippen molar-refractivity contribution in [2.45, 2.75) is 97.9 Å². The predicted molar refractivity (Wildman–Crippen MR) is 112 cm³/mol. The van der Waals surface area contributed by atoms with Gasteiger partial charge in [0, 0.05) is 19.4 Å². The highest BCUT2D eigenvalue weighted by atomic mass is 16.6. The molecule has 0 saturated carbocycles. The summed E-state index contributed by atoms with van der Waals surface area (Å²) in [5.74, 6) is -1.51. The van der Waals surface area contributed by atoms with Crippen molar-refractivity contribution >= 4 is 23.9 Å². The quantitative estimate of drug-likeness (QED) is 0.536. The number of ether oxygens (including phenoxy) is 2. The third-order valence-corrected chi connectivity index (χ3v) is 4.39. The summed E-state index contributed by atoms with van der Waals surface area (Å²) in [4.78, 5) is 50.5. The van der Waals surface area contributed by atoms with E-state index >= 15 is 0 Å². The topological polar surface area (TPSA) is 102 Å². The maximum absolute atomic E-state index is 13.0. The van der Waals surface area contributed by atoms with Crippen LogP contribution in [0.4, 0.5) is 4.79 Å². The van der Waals surface area contributed by atoms with Crippen molar-refractivity contribution in [1.29, 1.82) is 0 Å². The van der Waals surface area contributed by atoms with Crippen LogP contribution in [0.1, 0.15) is 74.7 Å². The number of amides is 3. The summed E-state index contributed by atoms with van der Waals surface area (Å²) in [5, 5.41) is 2.24. The summed E-state index contributed by atoms with van der Waals surface area (Å²) in [6.07, 6.45) is 3.86. The molecular formula is C22H36N2O6. The summed E-state index contributed by atoms with van der Waals surface area (Å²) in [7, 11) is 0. The number of esters is 1. The minimum absolute atomic E-state index is 0.0403. The van der Waals surface area contributed by atoms with Crippen LogP contribution in [0.3, 0.4) is 0 Å². The second-order valence-electron chi connectivity index (χ2n) is 9.57. The zero-order valence-corrected chi connectivity index (χ0v) is 19.4. The Balaban J connectivity index is 3.21. The molecule has 1 heterocycles. The number of carbonyl (C=O) groups excluding carboxylic acids is 4. The van der Waals surface area contributed by atoms with E-state index in [1.54, 1.807) is 41.5 Å². The molecule has 8 nitrogen and oxygen atoms in total. The molecule has 1 aliphatic heterocycles. The number of hydrogen-bond acceptors (Lipinski definition) is 6. The number of likely N-dealkylation sites (tertiary alicyclic amines) is 1. The highest BCUT2D eigenvalue weighted by Crippen LogP contribution is 2.36. The lowest BCUT2D eigenvalue weighted by Crippen LogP contribution is -2.49. The molecule has 0 unspecified atom stereocenters. The van der Waals surface area contributed by atoms with Gasteiger partial charge in [-0.3, -0.25) is 19.8 Å². The lowest BCUT2D eigenvalue weighted by atomic mass is 9.94. The Bertz CT molecular complexity index is 687. The van der Waals surface area contributed by atoms with Gasteiger partial charge in [-0.15, -0.1) is 0 Å². The lowest BCUT2D eigenvalue weighted by molar-refractivity contribution is -0.160. The molecule has 0 aromatic rings. The van der Waals surface area contributed by atoms with Gasteiger partial charge in [-0.25, -0.2) is 9.59 Å². The van der Waals surface area contributed by atoms with Gasteiger partial charge in [-0.2, -0.15) is 0 Å². The summed E-state index contributed by atoms with van der Waals surface area (Å²) >= 11 is 0. The molecule has 0 radical (unpaired) electrons. The predicted octanol–water partition coefficient (Wildman–Crippen LogP) is 3.34. The van der Waals surface area contributed by atoms with E-state index in [9.17, 15) is 19.2 Å². The Morgan fingerprint density at radius 3 is 2.07 bits per heavy atom. The molecule has 1 N–H and O–H groups in total. The summed E-state index contributed by atoms with van der Waals surface area (Å²) < 4.78 is 11.1. The second-order valence-corrected chi connectivity index (χ2v) is 9.57. The van der Waals surface area contributed by atoms with Crippen LogP contribution < -0.4 is 5.32 Å². The smallest absolute Gasteiger partial charge is 0.411 e. The number of nitrogens with zero attached hydrogens (tertiary/aromatic N) is 1. The highest BCUT2D eigenvalue weighted by molar-refractivity contribution is 5.94. The minimum atomic E-state index is -0.818. The Morgan fingerprint density at radius 1 is 1.03 bits per heavy atom. The number of allylic oxidation sites excluding steroid dienone is 1. The normalized spacial score (nSPS) is 22.1. The maximum atomic E-state index is 13.0. The van der Waals surface area contributed by atoms with Crippen LogP contribution in [-0.4, -0.2) is 52.1 Å². The average molecular weight is 425 g/mol. The van der Waals surface area contributed by atoms with Gasteiger partial charge in [0.15, 0.2) is 0 Å². The van der Waals surface area contributed by atoms with E-state index in [-0.39, 0.29) is 18.8 Å². The van der Waals surface area contributed by atoms with Crippen molar-refractivity contribution < 1.29 is 28.7 Å². The zero-order chi connectivity index (χ0) is 23.3. The molecule has 0 aromatic heterocycles. The number of hydrogen-bond donors (Lipinski definition) is 1. The monoisotopic (exact) mass is 424 g/mol. The molecule has 1 rings (SSSR count). The van der Waals surface area contributed by atoms with Gasteiger partial charge < -0.3 is 9.47 Å². The summed E-state index contributed by atoms with van der Waals surface area (Å²) in [5.41, 5.74) is -1.45. The largest absolute Gasteiger partial charge is 0.458 e. The van der Waals surface area contributed by atoms with Gasteiger partial charge in [-0.05, 0) is 67.2 Å². The summed E-state index contributed by atoms with van der Waals surface area (Å²) in [6.45, 7) is 13.7. The fraction of sp³-hybridized carbons (Fsp3) is 0.727. The molecule has 0 aliphatic carbocycles. The van der Waals surface area contributed by atoms with Gasteiger partial charge >= 0.3 is 12.1 Å². The second kappa shape index (κ2) is 10.1. The highest BCUT2D eigenvalue weighted by Gasteiger charge is 2.48. The first-order valence-electron chi connectivity index (χ1n) is 10.3. The van der Waals surface area contributed by atoms with Crippen molar-refractivity contribution in [3.8, 4) is 0 Å². The average Bonchev–Trinajstić information content (AvgIpc) is 2.88. The van der Waals surface area contributed by atoms with Gasteiger partial charge in [0.05, 0.1) is 0 Å². The van der Waals surface area contributed by atoms with Crippen LogP contribution in [-0.2, 0) is 23.9 Å². The van der Waals surface area contributed by atoms with Gasteiger partial charge in [0.25, 0.3) is 0 Å². The van der Waals surface area contributed by atoms with Gasteiger partial charge in [0.2, 0.25) is 11.8 Å². The van der Waals surface area contributed by atoms with E-state index < -0.39 is 47.2 Å². The SMILES string of the molecule is CC=C[C@@H]1C[C@H](C(=O)OC(C)(C)C)N(C(=O)OC(C)(C)C)[C@@H]1CCC(=O)NC(C)=O. The third kappa shape index (κ3) is 8.16. The Kier molecular flexibility index (Phi) is 8.63. The van der Waals surface area contributed by atoms with E-state index in [4.69, 9.17) is 9.47 Å². The molecule has 3 atom stereocenters. The van der Waals surface area contributed by atoms with Gasteiger partial charge in [-0.1, -0.05) is 12.2 Å². The third-order valence-electron chi connectivity index (χ3n) is 4.39. The molecule has 0 aromatic carbocycles. The van der Waals surface area contributed by atoms with Crippen molar-refractivity contribution in [2.75, 3.05) is 0 Å². The molecule has 1 fully saturated rings. The van der Waals surface area contributed by atoms with Crippen molar-refractivity contribution in [3.05, 3.63) is 12.2 Å². The van der Waals surface area contributed by atoms with Crippen molar-refractivity contribution in [2.24, 2.45) is 5.92 Å². The number of nitrogens with one attached hydrogen (secondary N) is 1. The van der Waals surface area contributed by atoms with Crippen molar-refractivity contribution in [3.63, 3.8) is 0 Å². The molecule has 0 spiro atoms. The molecular weight excluding hydrogens is 388 g/mol. The van der Waals surface area contributed by atoms with Crippen LogP contribution >= 0.6 is 0 Å². The molecule has 1 saturated heterocycles. The molecule has 30 heavy (non-hydrogen) atoms. The Labute approximate surface area is 179 Å². The zero-order valence-electron chi connectivity index (χ0n) is 19.4. The van der Waals surface area contributed by atoms with Gasteiger partial charge in [0.1, 0.15) is 17.2 Å². The molecule has 3 amide bonds. The van der Waals surface area contributed by atoms with Crippen molar-refractivity contribution in [1.82, 2.24) is 10.2 Å². The first-order valence-corrected chi connectivity index (χ1v) is 10.3. The molecule has 1 aliphatic rings. The number of rotatable bonds is 5. The van der Waals surface area contributed by atoms with E-state index in [1.807, 2.05) is 19.1 Å². The Hall–Kier alpha value is -2.38. The molecule has 0 bridgehead atoms. The van der Waals surface area contributed by atoms with Crippen LogP contribution in [0.2, 0.25) is 0 Å². The maximum Gasteiger partial charge on any atom is 0.411 e. The van der Waals surface area contributed by atoms with E-state index in [0.29, 0.717) is 6.42 Å².